The van der Waals surface area contributed by atoms with Gasteiger partial charge in [0.1, 0.15) is 11.8 Å². The molecular formula is C18H20N2O4. The van der Waals surface area contributed by atoms with E-state index in [0.29, 0.717) is 31.1 Å². The number of aliphatic carboxylic acids is 1. The summed E-state index contributed by atoms with van der Waals surface area (Å²) in [5, 5.41) is 19.0. The van der Waals surface area contributed by atoms with Crippen LogP contribution in [0.1, 0.15) is 18.4 Å². The maximum Gasteiger partial charge on any atom is 0.321 e. The molecule has 1 saturated heterocycles. The second-order valence-corrected chi connectivity index (χ2v) is 5.92. The zero-order valence-electron chi connectivity index (χ0n) is 13.2. The van der Waals surface area contributed by atoms with Crippen molar-refractivity contribution in [3.8, 4) is 11.6 Å². The minimum Gasteiger partial charge on any atom is -0.480 e. The van der Waals surface area contributed by atoms with Crippen LogP contribution in [0.2, 0.25) is 0 Å². The van der Waals surface area contributed by atoms with E-state index in [4.69, 9.17) is 4.74 Å². The molecule has 1 aromatic carbocycles. The van der Waals surface area contributed by atoms with Gasteiger partial charge in [-0.2, -0.15) is 0 Å². The first-order valence-corrected chi connectivity index (χ1v) is 7.94. The Morgan fingerprint density at radius 1 is 1.25 bits per heavy atom. The summed E-state index contributed by atoms with van der Waals surface area (Å²) in [5.41, 5.74) is 0.915. The third kappa shape index (κ3) is 4.10. The number of ether oxygens (including phenoxy) is 1. The monoisotopic (exact) mass is 328 g/mol. The van der Waals surface area contributed by atoms with Crippen LogP contribution in [0.25, 0.3) is 0 Å². The Bertz CT molecular complexity index is 675. The second kappa shape index (κ2) is 7.42. The Kier molecular flexibility index (Phi) is 5.08. The molecule has 2 heterocycles. The first kappa shape index (κ1) is 16.4. The van der Waals surface area contributed by atoms with Crippen LogP contribution in [-0.2, 0) is 11.3 Å². The van der Waals surface area contributed by atoms with E-state index >= 15 is 0 Å². The number of aliphatic hydroxyl groups is 1. The van der Waals surface area contributed by atoms with E-state index in [-0.39, 0.29) is 6.42 Å². The van der Waals surface area contributed by atoms with Gasteiger partial charge in [0, 0.05) is 25.4 Å². The quantitative estimate of drug-likeness (QED) is 0.876. The summed E-state index contributed by atoms with van der Waals surface area (Å²) in [6.07, 6.45) is 2.01. The molecule has 2 aromatic rings. The minimum atomic E-state index is -0.897. The maximum atomic E-state index is 11.4. The standard InChI is InChI=1S/C18H20N2O4/c21-14-8-9-20(16(10-14)18(22)23)12-13-6-7-17(19-11-13)24-15-4-2-1-3-5-15/h1-7,11,14,16,21H,8-10,12H2,(H,22,23)/t14-,16+/m1/s1. The summed E-state index contributed by atoms with van der Waals surface area (Å²) in [6.45, 7) is 1.04. The van der Waals surface area contributed by atoms with Gasteiger partial charge in [0.15, 0.2) is 0 Å². The molecular weight excluding hydrogens is 308 g/mol. The van der Waals surface area contributed by atoms with E-state index in [9.17, 15) is 15.0 Å². The number of piperidine rings is 1. The van der Waals surface area contributed by atoms with Gasteiger partial charge in [-0.05, 0) is 30.5 Å². The first-order chi connectivity index (χ1) is 11.6. The van der Waals surface area contributed by atoms with Crippen molar-refractivity contribution in [2.24, 2.45) is 0 Å². The highest BCUT2D eigenvalue weighted by molar-refractivity contribution is 5.73. The predicted octanol–water partition coefficient (Wildman–Crippen LogP) is 2.28. The van der Waals surface area contributed by atoms with Crippen molar-refractivity contribution in [3.05, 3.63) is 54.2 Å². The van der Waals surface area contributed by atoms with E-state index in [1.807, 2.05) is 41.3 Å². The highest BCUT2D eigenvalue weighted by Crippen LogP contribution is 2.22. The van der Waals surface area contributed by atoms with Crippen LogP contribution in [-0.4, -0.2) is 44.8 Å². The van der Waals surface area contributed by atoms with Crippen LogP contribution in [0.15, 0.2) is 48.7 Å². The summed E-state index contributed by atoms with van der Waals surface area (Å²) < 4.78 is 5.64. The molecule has 3 rings (SSSR count). The molecule has 0 unspecified atom stereocenters. The van der Waals surface area contributed by atoms with Crippen LogP contribution in [0, 0.1) is 0 Å². The van der Waals surface area contributed by atoms with Gasteiger partial charge in [0.05, 0.1) is 6.10 Å². The van der Waals surface area contributed by atoms with E-state index in [1.54, 1.807) is 12.3 Å². The molecule has 0 amide bonds. The Hall–Kier alpha value is -2.44. The lowest BCUT2D eigenvalue weighted by Gasteiger charge is -2.35. The van der Waals surface area contributed by atoms with Gasteiger partial charge in [-0.1, -0.05) is 24.3 Å². The molecule has 24 heavy (non-hydrogen) atoms. The van der Waals surface area contributed by atoms with Gasteiger partial charge >= 0.3 is 5.97 Å². The van der Waals surface area contributed by atoms with Crippen molar-refractivity contribution < 1.29 is 19.7 Å². The van der Waals surface area contributed by atoms with Gasteiger partial charge in [-0.3, -0.25) is 9.69 Å². The van der Waals surface area contributed by atoms with E-state index < -0.39 is 18.1 Å². The molecule has 0 spiro atoms. The number of rotatable bonds is 5. The fraction of sp³-hybridized carbons (Fsp3) is 0.333. The third-order valence-corrected chi connectivity index (χ3v) is 4.12. The Labute approximate surface area is 140 Å². The number of carboxylic acids is 1. The number of aromatic nitrogens is 1. The largest absolute Gasteiger partial charge is 0.480 e. The fourth-order valence-electron chi connectivity index (χ4n) is 2.85. The number of para-hydroxylation sites is 1. The summed E-state index contributed by atoms with van der Waals surface area (Å²) >= 11 is 0. The normalized spacial score (nSPS) is 21.4. The number of carboxylic acid groups (broad SMARTS) is 1. The van der Waals surface area contributed by atoms with Gasteiger partial charge in [0.2, 0.25) is 5.88 Å². The molecule has 2 atom stereocenters. The Morgan fingerprint density at radius 3 is 2.71 bits per heavy atom. The molecule has 1 aliphatic rings. The summed E-state index contributed by atoms with van der Waals surface area (Å²) in [6, 6.07) is 12.4. The first-order valence-electron chi connectivity index (χ1n) is 7.94. The molecule has 0 bridgehead atoms. The number of aliphatic hydroxyl groups excluding tert-OH is 1. The number of pyridine rings is 1. The molecule has 6 heteroatoms. The average Bonchev–Trinajstić information content (AvgIpc) is 2.59. The molecule has 1 fully saturated rings. The third-order valence-electron chi connectivity index (χ3n) is 4.12. The number of likely N-dealkylation sites (tertiary alicyclic amines) is 1. The number of hydrogen-bond donors (Lipinski definition) is 2. The van der Waals surface area contributed by atoms with Crippen molar-refractivity contribution in [2.75, 3.05) is 6.54 Å². The minimum absolute atomic E-state index is 0.262. The van der Waals surface area contributed by atoms with Crippen LogP contribution in [0.5, 0.6) is 11.6 Å². The number of benzene rings is 1. The molecule has 2 N–H and O–H groups in total. The number of hydrogen-bond acceptors (Lipinski definition) is 5. The topological polar surface area (TPSA) is 82.9 Å². The maximum absolute atomic E-state index is 11.4. The van der Waals surface area contributed by atoms with Crippen LogP contribution >= 0.6 is 0 Å². The lowest BCUT2D eigenvalue weighted by atomic mass is 9.99. The van der Waals surface area contributed by atoms with Crippen molar-refractivity contribution in [1.82, 2.24) is 9.88 Å². The second-order valence-electron chi connectivity index (χ2n) is 5.92. The molecule has 6 nitrogen and oxygen atoms in total. The van der Waals surface area contributed by atoms with Gasteiger partial charge < -0.3 is 14.9 Å². The summed E-state index contributed by atoms with van der Waals surface area (Å²) in [7, 11) is 0. The molecule has 0 aliphatic carbocycles. The molecule has 1 aromatic heterocycles. The van der Waals surface area contributed by atoms with Crippen molar-refractivity contribution in [2.45, 2.75) is 31.5 Å². The number of carbonyl (C=O) groups is 1. The van der Waals surface area contributed by atoms with E-state index in [0.717, 1.165) is 5.56 Å². The summed E-state index contributed by atoms with van der Waals surface area (Å²) in [4.78, 5) is 17.5. The van der Waals surface area contributed by atoms with E-state index in [2.05, 4.69) is 4.98 Å². The Balaban J connectivity index is 1.64. The van der Waals surface area contributed by atoms with Crippen molar-refractivity contribution in [1.29, 1.82) is 0 Å². The highest BCUT2D eigenvalue weighted by atomic mass is 16.5. The molecule has 0 saturated carbocycles. The molecule has 0 radical (unpaired) electrons. The van der Waals surface area contributed by atoms with Crippen molar-refractivity contribution >= 4 is 5.97 Å². The van der Waals surface area contributed by atoms with Crippen LogP contribution < -0.4 is 4.74 Å². The SMILES string of the molecule is O=C(O)[C@@H]1C[C@H](O)CCN1Cc1ccc(Oc2ccccc2)nc1. The summed E-state index contributed by atoms with van der Waals surface area (Å²) in [5.74, 6) is 0.313. The van der Waals surface area contributed by atoms with Gasteiger partial charge in [-0.15, -0.1) is 0 Å². The average molecular weight is 328 g/mol. The lowest BCUT2D eigenvalue weighted by Crippen LogP contribution is -2.48. The predicted molar refractivity (Wildman–Crippen MR) is 87.8 cm³/mol. The zero-order valence-corrected chi connectivity index (χ0v) is 13.2. The number of nitrogens with zero attached hydrogens (tertiary/aromatic N) is 2. The smallest absolute Gasteiger partial charge is 0.321 e. The molecule has 1 aliphatic heterocycles. The fourth-order valence-corrected chi connectivity index (χ4v) is 2.85. The van der Waals surface area contributed by atoms with Crippen LogP contribution in [0.3, 0.4) is 0 Å². The lowest BCUT2D eigenvalue weighted by molar-refractivity contribution is -0.147. The van der Waals surface area contributed by atoms with Gasteiger partial charge in [-0.25, -0.2) is 4.98 Å². The van der Waals surface area contributed by atoms with Gasteiger partial charge in [0.25, 0.3) is 0 Å². The Morgan fingerprint density at radius 2 is 2.04 bits per heavy atom. The van der Waals surface area contributed by atoms with Crippen molar-refractivity contribution in [3.63, 3.8) is 0 Å². The van der Waals surface area contributed by atoms with Crippen LogP contribution in [0.4, 0.5) is 0 Å². The highest BCUT2D eigenvalue weighted by Gasteiger charge is 2.32. The molecule has 126 valence electrons. The van der Waals surface area contributed by atoms with E-state index in [1.165, 1.54) is 0 Å². The zero-order chi connectivity index (χ0) is 16.9.